The van der Waals surface area contributed by atoms with Crippen LogP contribution in [-0.2, 0) is 9.53 Å². The molecule has 3 aromatic rings. The Kier molecular flexibility index (Phi) is 7.70. The Hall–Kier alpha value is -4.26. The number of aryl methyl sites for hydroxylation is 1. The molecule has 2 amide bonds. The maximum absolute atomic E-state index is 12.6. The number of rotatable bonds is 7. The van der Waals surface area contributed by atoms with E-state index in [9.17, 15) is 14.7 Å². The molecule has 3 aromatic carbocycles. The SMILES string of the molecule is Cc1ccc(NC(=O)O[C@@H](c2ccc(O)cc2)[C@@H](C)/C=C/C(=O)Nc2ccccc2N)cc1. The van der Waals surface area contributed by atoms with Crippen LogP contribution >= 0.6 is 0 Å². The van der Waals surface area contributed by atoms with Crippen LogP contribution in [0.2, 0.25) is 0 Å². The number of amides is 2. The summed E-state index contributed by atoms with van der Waals surface area (Å²) in [5.74, 6) is -0.602. The van der Waals surface area contributed by atoms with Crippen molar-refractivity contribution in [3.63, 3.8) is 0 Å². The van der Waals surface area contributed by atoms with Crippen LogP contribution in [0.5, 0.6) is 5.75 Å². The number of phenols is 1. The van der Waals surface area contributed by atoms with Crippen molar-refractivity contribution in [1.29, 1.82) is 0 Å². The topological polar surface area (TPSA) is 114 Å². The highest BCUT2D eigenvalue weighted by Gasteiger charge is 2.22. The van der Waals surface area contributed by atoms with Crippen LogP contribution in [0.25, 0.3) is 0 Å². The zero-order valence-electron chi connectivity index (χ0n) is 18.5. The average Bonchev–Trinajstić information content (AvgIpc) is 2.80. The fourth-order valence-corrected chi connectivity index (χ4v) is 3.17. The number of nitrogens with two attached hydrogens (primary N) is 1. The second-order valence-corrected chi connectivity index (χ2v) is 7.70. The minimum atomic E-state index is -0.693. The minimum Gasteiger partial charge on any atom is -0.508 e. The van der Waals surface area contributed by atoms with Crippen molar-refractivity contribution in [1.82, 2.24) is 0 Å². The molecule has 0 unspecified atom stereocenters. The first-order valence-electron chi connectivity index (χ1n) is 10.5. The summed E-state index contributed by atoms with van der Waals surface area (Å²) in [6.07, 6.45) is 1.72. The first-order chi connectivity index (χ1) is 15.8. The zero-order valence-corrected chi connectivity index (χ0v) is 18.5. The molecule has 0 radical (unpaired) electrons. The van der Waals surface area contributed by atoms with Crippen molar-refractivity contribution < 1.29 is 19.4 Å². The largest absolute Gasteiger partial charge is 0.508 e. The van der Waals surface area contributed by atoms with Crippen LogP contribution in [0.15, 0.2) is 84.9 Å². The van der Waals surface area contributed by atoms with Gasteiger partial charge in [-0.3, -0.25) is 10.1 Å². The molecule has 0 fully saturated rings. The summed E-state index contributed by atoms with van der Waals surface area (Å²) in [7, 11) is 0. The number of benzene rings is 3. The Morgan fingerprint density at radius 1 is 0.970 bits per heavy atom. The predicted octanol–water partition coefficient (Wildman–Crippen LogP) is 5.40. The van der Waals surface area contributed by atoms with Gasteiger partial charge in [0.15, 0.2) is 0 Å². The highest BCUT2D eigenvalue weighted by molar-refractivity contribution is 6.01. The van der Waals surface area contributed by atoms with Gasteiger partial charge in [-0.2, -0.15) is 0 Å². The van der Waals surface area contributed by atoms with Crippen LogP contribution in [0, 0.1) is 12.8 Å². The molecule has 170 valence electrons. The Labute approximate surface area is 192 Å². The summed E-state index contributed by atoms with van der Waals surface area (Å²) in [5.41, 5.74) is 9.21. The lowest BCUT2D eigenvalue weighted by Crippen LogP contribution is -2.21. The molecule has 0 saturated heterocycles. The third-order valence-electron chi connectivity index (χ3n) is 5.00. The Bertz CT molecular complexity index is 1130. The number of nitrogen functional groups attached to an aromatic ring is 1. The number of carbonyl (C=O) groups excluding carboxylic acids is 2. The van der Waals surface area contributed by atoms with Gasteiger partial charge in [0, 0.05) is 11.6 Å². The molecule has 7 heteroatoms. The van der Waals surface area contributed by atoms with Crippen molar-refractivity contribution >= 4 is 29.1 Å². The summed E-state index contributed by atoms with van der Waals surface area (Å²) >= 11 is 0. The number of hydrogen-bond acceptors (Lipinski definition) is 5. The van der Waals surface area contributed by atoms with Gasteiger partial charge in [0.1, 0.15) is 11.9 Å². The lowest BCUT2D eigenvalue weighted by atomic mass is 9.96. The standard InChI is InChI=1S/C26H27N3O4/c1-17-7-12-20(13-8-17)28-26(32)33-25(19-10-14-21(30)15-11-19)18(2)9-16-24(31)29-23-6-4-3-5-22(23)27/h3-16,18,25,30H,27H2,1-2H3,(H,28,32)(H,29,31)/b16-9+/t18-,25+/m0/s1. The summed E-state index contributed by atoms with van der Waals surface area (Å²) < 4.78 is 5.71. The number of nitrogens with one attached hydrogen (secondary N) is 2. The molecular formula is C26H27N3O4. The van der Waals surface area contributed by atoms with Crippen molar-refractivity contribution in [2.24, 2.45) is 5.92 Å². The molecule has 0 heterocycles. The van der Waals surface area contributed by atoms with E-state index in [-0.39, 0.29) is 17.6 Å². The highest BCUT2D eigenvalue weighted by atomic mass is 16.6. The smallest absolute Gasteiger partial charge is 0.412 e. The van der Waals surface area contributed by atoms with Gasteiger partial charge < -0.3 is 20.9 Å². The van der Waals surface area contributed by atoms with Gasteiger partial charge in [0.05, 0.1) is 11.4 Å². The van der Waals surface area contributed by atoms with E-state index in [4.69, 9.17) is 10.5 Å². The van der Waals surface area contributed by atoms with Crippen LogP contribution in [0.3, 0.4) is 0 Å². The zero-order chi connectivity index (χ0) is 23.8. The van der Waals surface area contributed by atoms with Crippen LogP contribution < -0.4 is 16.4 Å². The van der Waals surface area contributed by atoms with Gasteiger partial charge >= 0.3 is 6.09 Å². The molecule has 0 bridgehead atoms. The van der Waals surface area contributed by atoms with E-state index in [1.165, 1.54) is 18.2 Å². The van der Waals surface area contributed by atoms with Crippen LogP contribution in [0.1, 0.15) is 24.2 Å². The first-order valence-corrected chi connectivity index (χ1v) is 10.5. The molecule has 7 nitrogen and oxygen atoms in total. The van der Waals surface area contributed by atoms with E-state index in [0.717, 1.165) is 5.56 Å². The number of aromatic hydroxyl groups is 1. The van der Waals surface area contributed by atoms with Crippen molar-refractivity contribution in [3.8, 4) is 5.75 Å². The lowest BCUT2D eigenvalue weighted by Gasteiger charge is -2.23. The van der Waals surface area contributed by atoms with Gasteiger partial charge in [-0.05, 0) is 55.0 Å². The fourth-order valence-electron chi connectivity index (χ4n) is 3.17. The number of para-hydroxylation sites is 2. The predicted molar refractivity (Wildman–Crippen MR) is 130 cm³/mol. The maximum atomic E-state index is 12.6. The maximum Gasteiger partial charge on any atom is 0.412 e. The molecule has 33 heavy (non-hydrogen) atoms. The van der Waals surface area contributed by atoms with Crippen molar-refractivity contribution in [2.75, 3.05) is 16.4 Å². The molecule has 0 aliphatic rings. The van der Waals surface area contributed by atoms with Gasteiger partial charge in [-0.15, -0.1) is 0 Å². The molecule has 0 spiro atoms. The first kappa shape index (κ1) is 23.4. The monoisotopic (exact) mass is 445 g/mol. The molecule has 0 saturated carbocycles. The second-order valence-electron chi connectivity index (χ2n) is 7.70. The van der Waals surface area contributed by atoms with Gasteiger partial charge in [0.25, 0.3) is 0 Å². The molecular weight excluding hydrogens is 418 g/mol. The minimum absolute atomic E-state index is 0.102. The Balaban J connectivity index is 1.72. The number of ether oxygens (including phenoxy) is 1. The quantitative estimate of drug-likeness (QED) is 0.287. The fraction of sp³-hybridized carbons (Fsp3) is 0.154. The lowest BCUT2D eigenvalue weighted by molar-refractivity contribution is -0.111. The van der Waals surface area contributed by atoms with Gasteiger partial charge in [-0.1, -0.05) is 55.0 Å². The molecule has 2 atom stereocenters. The van der Waals surface area contributed by atoms with Gasteiger partial charge in [-0.25, -0.2) is 4.79 Å². The molecule has 3 rings (SSSR count). The summed E-state index contributed by atoms with van der Waals surface area (Å²) in [6, 6.07) is 20.7. The third kappa shape index (κ3) is 6.87. The van der Waals surface area contributed by atoms with E-state index in [0.29, 0.717) is 22.6 Å². The van der Waals surface area contributed by atoms with Crippen LogP contribution in [0.4, 0.5) is 21.9 Å². The number of hydrogen-bond donors (Lipinski definition) is 4. The van der Waals surface area contributed by atoms with Crippen LogP contribution in [-0.4, -0.2) is 17.1 Å². The van der Waals surface area contributed by atoms with E-state index >= 15 is 0 Å². The van der Waals surface area contributed by atoms with E-state index in [1.807, 2.05) is 26.0 Å². The average molecular weight is 446 g/mol. The highest BCUT2D eigenvalue weighted by Crippen LogP contribution is 2.29. The summed E-state index contributed by atoms with van der Waals surface area (Å²) in [4.78, 5) is 24.9. The molecule has 0 aliphatic heterocycles. The van der Waals surface area contributed by atoms with E-state index in [2.05, 4.69) is 10.6 Å². The Morgan fingerprint density at radius 2 is 1.64 bits per heavy atom. The second kappa shape index (κ2) is 10.9. The summed E-state index contributed by atoms with van der Waals surface area (Å²) in [5, 5.41) is 15.1. The van der Waals surface area contributed by atoms with E-state index in [1.54, 1.807) is 54.6 Å². The molecule has 5 N–H and O–H groups in total. The number of carbonyl (C=O) groups is 2. The van der Waals surface area contributed by atoms with E-state index < -0.39 is 12.2 Å². The Morgan fingerprint density at radius 3 is 2.30 bits per heavy atom. The molecule has 0 aromatic heterocycles. The van der Waals surface area contributed by atoms with Crippen molar-refractivity contribution in [2.45, 2.75) is 20.0 Å². The molecule has 0 aliphatic carbocycles. The summed E-state index contributed by atoms with van der Waals surface area (Å²) in [6.45, 7) is 3.79. The normalized spacial score (nSPS) is 12.7. The van der Waals surface area contributed by atoms with Gasteiger partial charge in [0.2, 0.25) is 5.91 Å². The van der Waals surface area contributed by atoms with Crippen molar-refractivity contribution in [3.05, 3.63) is 96.1 Å². The number of phenolic OH excluding ortho intramolecular Hbond substituents is 1. The number of anilines is 3. The third-order valence-corrected chi connectivity index (χ3v) is 5.00.